The number of aromatic nitrogens is 2. The fourth-order valence-corrected chi connectivity index (χ4v) is 2.45. The van der Waals surface area contributed by atoms with Crippen molar-refractivity contribution in [3.63, 3.8) is 0 Å². The highest BCUT2D eigenvalue weighted by molar-refractivity contribution is 5.92. The van der Waals surface area contributed by atoms with Gasteiger partial charge >= 0.3 is 0 Å². The first kappa shape index (κ1) is 18.8. The SMILES string of the molecule is CCCCN(C)C(=O)c1cc(NCCc2ccc(F)cc2)nc(C)n1. The first-order valence-corrected chi connectivity index (χ1v) is 8.59. The van der Waals surface area contributed by atoms with Gasteiger partial charge in [-0.3, -0.25) is 4.79 Å². The van der Waals surface area contributed by atoms with E-state index in [0.717, 1.165) is 24.8 Å². The third-order valence-corrected chi connectivity index (χ3v) is 3.88. The van der Waals surface area contributed by atoms with Crippen LogP contribution >= 0.6 is 0 Å². The van der Waals surface area contributed by atoms with E-state index in [1.54, 1.807) is 37.1 Å². The van der Waals surface area contributed by atoms with Crippen molar-refractivity contribution in [1.82, 2.24) is 14.9 Å². The molecule has 2 rings (SSSR count). The third-order valence-electron chi connectivity index (χ3n) is 3.88. The predicted molar refractivity (Wildman–Crippen MR) is 97.2 cm³/mol. The van der Waals surface area contributed by atoms with Crippen molar-refractivity contribution < 1.29 is 9.18 Å². The second-order valence-electron chi connectivity index (χ2n) is 6.07. The molecule has 6 heteroatoms. The van der Waals surface area contributed by atoms with Crippen LogP contribution in [-0.2, 0) is 6.42 Å². The lowest BCUT2D eigenvalue weighted by atomic mass is 10.1. The number of hydrogen-bond acceptors (Lipinski definition) is 4. The third kappa shape index (κ3) is 5.81. The summed E-state index contributed by atoms with van der Waals surface area (Å²) in [6.07, 6.45) is 2.74. The van der Waals surface area contributed by atoms with Gasteiger partial charge in [0.05, 0.1) is 0 Å². The molecule has 0 atom stereocenters. The molecular weight excluding hydrogens is 319 g/mol. The van der Waals surface area contributed by atoms with Crippen LogP contribution in [0.5, 0.6) is 0 Å². The molecule has 0 saturated heterocycles. The van der Waals surface area contributed by atoms with E-state index in [1.807, 2.05) is 0 Å². The maximum atomic E-state index is 12.9. The lowest BCUT2D eigenvalue weighted by molar-refractivity contribution is 0.0787. The number of halogens is 1. The highest BCUT2D eigenvalue weighted by atomic mass is 19.1. The van der Waals surface area contributed by atoms with Gasteiger partial charge in [0.15, 0.2) is 0 Å². The Morgan fingerprint density at radius 1 is 1.24 bits per heavy atom. The summed E-state index contributed by atoms with van der Waals surface area (Å²) in [6.45, 7) is 5.22. The number of unbranched alkanes of at least 4 members (excludes halogenated alkanes) is 1. The topological polar surface area (TPSA) is 58.1 Å². The summed E-state index contributed by atoms with van der Waals surface area (Å²) in [4.78, 5) is 22.7. The van der Waals surface area contributed by atoms with Crippen LogP contribution in [0.1, 0.15) is 41.6 Å². The molecule has 0 aliphatic heterocycles. The Morgan fingerprint density at radius 3 is 2.64 bits per heavy atom. The summed E-state index contributed by atoms with van der Waals surface area (Å²) in [6, 6.07) is 8.11. The number of aryl methyl sites for hydroxylation is 1. The molecule has 2 aromatic rings. The van der Waals surface area contributed by atoms with Crippen LogP contribution in [0.15, 0.2) is 30.3 Å². The summed E-state index contributed by atoms with van der Waals surface area (Å²) in [5.41, 5.74) is 1.44. The first-order valence-electron chi connectivity index (χ1n) is 8.59. The van der Waals surface area contributed by atoms with Crippen molar-refractivity contribution in [2.75, 3.05) is 25.5 Å². The molecule has 1 N–H and O–H groups in total. The van der Waals surface area contributed by atoms with E-state index in [9.17, 15) is 9.18 Å². The second kappa shape index (κ2) is 9.11. The molecule has 134 valence electrons. The highest BCUT2D eigenvalue weighted by Crippen LogP contribution is 2.10. The largest absolute Gasteiger partial charge is 0.370 e. The Labute approximate surface area is 148 Å². The number of anilines is 1. The number of nitrogens with one attached hydrogen (secondary N) is 1. The van der Waals surface area contributed by atoms with Crippen LogP contribution in [0.3, 0.4) is 0 Å². The number of hydrogen-bond donors (Lipinski definition) is 1. The van der Waals surface area contributed by atoms with Gasteiger partial charge in [-0.1, -0.05) is 25.5 Å². The normalized spacial score (nSPS) is 10.6. The van der Waals surface area contributed by atoms with Crippen LogP contribution in [0.2, 0.25) is 0 Å². The Morgan fingerprint density at radius 2 is 1.96 bits per heavy atom. The van der Waals surface area contributed by atoms with Crippen molar-refractivity contribution in [1.29, 1.82) is 0 Å². The zero-order valence-electron chi connectivity index (χ0n) is 15.1. The van der Waals surface area contributed by atoms with Crippen molar-refractivity contribution >= 4 is 11.7 Å². The average Bonchev–Trinajstić information content (AvgIpc) is 2.60. The summed E-state index contributed by atoms with van der Waals surface area (Å²) in [5, 5.41) is 3.21. The summed E-state index contributed by atoms with van der Waals surface area (Å²) < 4.78 is 12.9. The molecule has 1 aromatic heterocycles. The molecule has 5 nitrogen and oxygen atoms in total. The Balaban J connectivity index is 1.98. The summed E-state index contributed by atoms with van der Waals surface area (Å²) in [5.74, 6) is 0.847. The molecule has 0 bridgehead atoms. The molecule has 1 aromatic carbocycles. The Hall–Kier alpha value is -2.50. The monoisotopic (exact) mass is 344 g/mol. The van der Waals surface area contributed by atoms with E-state index < -0.39 is 0 Å². The van der Waals surface area contributed by atoms with Crippen LogP contribution in [0.25, 0.3) is 0 Å². The van der Waals surface area contributed by atoms with Gasteiger partial charge in [0.2, 0.25) is 0 Å². The summed E-state index contributed by atoms with van der Waals surface area (Å²) >= 11 is 0. The molecule has 0 radical (unpaired) electrons. The summed E-state index contributed by atoms with van der Waals surface area (Å²) in [7, 11) is 1.79. The van der Waals surface area contributed by atoms with Crippen molar-refractivity contribution in [3.8, 4) is 0 Å². The average molecular weight is 344 g/mol. The van der Waals surface area contributed by atoms with Crippen molar-refractivity contribution in [2.45, 2.75) is 33.1 Å². The zero-order chi connectivity index (χ0) is 18.2. The number of amides is 1. The van der Waals surface area contributed by atoms with Gasteiger partial charge in [-0.25, -0.2) is 14.4 Å². The van der Waals surface area contributed by atoms with Gasteiger partial charge in [0.1, 0.15) is 23.2 Å². The smallest absolute Gasteiger partial charge is 0.272 e. The quantitative estimate of drug-likeness (QED) is 0.797. The maximum absolute atomic E-state index is 12.9. The molecule has 25 heavy (non-hydrogen) atoms. The maximum Gasteiger partial charge on any atom is 0.272 e. The van der Waals surface area contributed by atoms with Crippen molar-refractivity contribution in [3.05, 3.63) is 53.2 Å². The fourth-order valence-electron chi connectivity index (χ4n) is 2.45. The van der Waals surface area contributed by atoms with E-state index in [0.29, 0.717) is 30.4 Å². The molecule has 0 spiro atoms. The minimum atomic E-state index is -0.238. The zero-order valence-corrected chi connectivity index (χ0v) is 15.1. The first-order chi connectivity index (χ1) is 12.0. The Kier molecular flexibility index (Phi) is 6.86. The van der Waals surface area contributed by atoms with Gasteiger partial charge in [0.25, 0.3) is 5.91 Å². The molecule has 0 aliphatic carbocycles. The minimum absolute atomic E-state index is 0.0967. The van der Waals surface area contributed by atoms with Crippen LogP contribution < -0.4 is 5.32 Å². The fraction of sp³-hybridized carbons (Fsp3) is 0.421. The van der Waals surface area contributed by atoms with Gasteiger partial charge in [-0.05, 0) is 37.5 Å². The minimum Gasteiger partial charge on any atom is -0.370 e. The number of carbonyl (C=O) groups excluding carboxylic acids is 1. The lowest BCUT2D eigenvalue weighted by Gasteiger charge is -2.17. The van der Waals surface area contributed by atoms with E-state index in [-0.39, 0.29) is 11.7 Å². The predicted octanol–water partition coefficient (Wildman–Crippen LogP) is 3.45. The van der Waals surface area contributed by atoms with Gasteiger partial charge in [-0.15, -0.1) is 0 Å². The molecule has 1 heterocycles. The number of nitrogens with zero attached hydrogens (tertiary/aromatic N) is 3. The van der Waals surface area contributed by atoms with E-state index in [1.165, 1.54) is 12.1 Å². The lowest BCUT2D eigenvalue weighted by Crippen LogP contribution is -2.29. The molecule has 0 aliphatic rings. The van der Waals surface area contributed by atoms with E-state index in [2.05, 4.69) is 22.2 Å². The molecular formula is C19H25FN4O. The van der Waals surface area contributed by atoms with Crippen LogP contribution in [0.4, 0.5) is 10.2 Å². The van der Waals surface area contributed by atoms with Gasteiger partial charge in [0, 0.05) is 26.2 Å². The van der Waals surface area contributed by atoms with Gasteiger partial charge < -0.3 is 10.2 Å². The highest BCUT2D eigenvalue weighted by Gasteiger charge is 2.14. The van der Waals surface area contributed by atoms with Crippen molar-refractivity contribution in [2.24, 2.45) is 0 Å². The Bertz CT molecular complexity index is 703. The van der Waals surface area contributed by atoms with E-state index in [4.69, 9.17) is 0 Å². The second-order valence-corrected chi connectivity index (χ2v) is 6.07. The van der Waals surface area contributed by atoms with Gasteiger partial charge in [-0.2, -0.15) is 0 Å². The van der Waals surface area contributed by atoms with Crippen LogP contribution in [-0.4, -0.2) is 40.9 Å². The number of carbonyl (C=O) groups is 1. The number of rotatable bonds is 8. The standard InChI is InChI=1S/C19H25FN4O/c1-4-5-12-24(3)19(25)17-13-18(23-14(2)22-17)21-11-10-15-6-8-16(20)9-7-15/h6-9,13H,4-5,10-12H2,1-3H3,(H,21,22,23). The molecule has 1 amide bonds. The number of benzene rings is 1. The molecule has 0 saturated carbocycles. The molecule has 0 unspecified atom stereocenters. The van der Waals surface area contributed by atoms with E-state index >= 15 is 0 Å². The van der Waals surface area contributed by atoms with Crippen LogP contribution in [0, 0.1) is 12.7 Å². The molecule has 0 fully saturated rings.